The third kappa shape index (κ3) is 3.63. The zero-order valence-electron chi connectivity index (χ0n) is 11.9. The SMILES string of the molecule is Cc1cc(F)ccc1-c1noc(CCC(C)CCN)n1. The quantitative estimate of drug-likeness (QED) is 0.881. The first-order valence-corrected chi connectivity index (χ1v) is 6.89. The topological polar surface area (TPSA) is 64.9 Å². The molecule has 0 radical (unpaired) electrons. The fraction of sp³-hybridized carbons (Fsp3) is 0.467. The molecule has 0 saturated heterocycles. The van der Waals surface area contributed by atoms with Crippen LogP contribution >= 0.6 is 0 Å². The maximum Gasteiger partial charge on any atom is 0.226 e. The molecule has 1 aromatic heterocycles. The second kappa shape index (κ2) is 6.61. The minimum Gasteiger partial charge on any atom is -0.339 e. The van der Waals surface area contributed by atoms with Gasteiger partial charge >= 0.3 is 0 Å². The van der Waals surface area contributed by atoms with E-state index in [4.69, 9.17) is 10.3 Å². The molecule has 108 valence electrons. The van der Waals surface area contributed by atoms with Crippen LogP contribution in [-0.2, 0) is 6.42 Å². The summed E-state index contributed by atoms with van der Waals surface area (Å²) in [4.78, 5) is 4.37. The molecule has 0 spiro atoms. The van der Waals surface area contributed by atoms with Gasteiger partial charge < -0.3 is 10.3 Å². The first-order chi connectivity index (χ1) is 9.60. The Morgan fingerprint density at radius 1 is 1.35 bits per heavy atom. The van der Waals surface area contributed by atoms with Crippen molar-refractivity contribution in [3.63, 3.8) is 0 Å². The molecule has 0 saturated carbocycles. The highest BCUT2D eigenvalue weighted by atomic mass is 19.1. The summed E-state index contributed by atoms with van der Waals surface area (Å²) >= 11 is 0. The summed E-state index contributed by atoms with van der Waals surface area (Å²) in [5.74, 6) is 1.42. The van der Waals surface area contributed by atoms with E-state index in [1.54, 1.807) is 6.07 Å². The first kappa shape index (κ1) is 14.7. The average molecular weight is 277 g/mol. The summed E-state index contributed by atoms with van der Waals surface area (Å²) in [6.07, 6.45) is 2.72. The van der Waals surface area contributed by atoms with Crippen LogP contribution in [0.25, 0.3) is 11.4 Å². The third-order valence-corrected chi connectivity index (χ3v) is 3.41. The average Bonchev–Trinajstić information content (AvgIpc) is 2.85. The number of aryl methyl sites for hydroxylation is 2. The van der Waals surface area contributed by atoms with Crippen LogP contribution in [0.15, 0.2) is 22.7 Å². The number of benzene rings is 1. The molecular weight excluding hydrogens is 257 g/mol. The smallest absolute Gasteiger partial charge is 0.226 e. The van der Waals surface area contributed by atoms with Gasteiger partial charge in [-0.25, -0.2) is 4.39 Å². The molecule has 1 heterocycles. The van der Waals surface area contributed by atoms with Crippen molar-refractivity contribution in [2.75, 3.05) is 6.54 Å². The summed E-state index contributed by atoms with van der Waals surface area (Å²) in [6, 6.07) is 4.55. The van der Waals surface area contributed by atoms with Gasteiger partial charge in [-0.05, 0) is 56.0 Å². The third-order valence-electron chi connectivity index (χ3n) is 3.41. The molecule has 0 bridgehead atoms. The van der Waals surface area contributed by atoms with Gasteiger partial charge in [-0.2, -0.15) is 4.98 Å². The zero-order valence-corrected chi connectivity index (χ0v) is 11.9. The summed E-state index contributed by atoms with van der Waals surface area (Å²) in [5, 5.41) is 3.97. The highest BCUT2D eigenvalue weighted by Gasteiger charge is 2.12. The Morgan fingerprint density at radius 2 is 2.15 bits per heavy atom. The Morgan fingerprint density at radius 3 is 2.85 bits per heavy atom. The van der Waals surface area contributed by atoms with E-state index in [-0.39, 0.29) is 5.82 Å². The van der Waals surface area contributed by atoms with E-state index < -0.39 is 0 Å². The van der Waals surface area contributed by atoms with Crippen molar-refractivity contribution in [1.29, 1.82) is 0 Å². The highest BCUT2D eigenvalue weighted by molar-refractivity contribution is 5.59. The molecule has 20 heavy (non-hydrogen) atoms. The Bertz CT molecular complexity index is 568. The summed E-state index contributed by atoms with van der Waals surface area (Å²) < 4.78 is 18.3. The minimum atomic E-state index is -0.259. The zero-order chi connectivity index (χ0) is 14.5. The van der Waals surface area contributed by atoms with Crippen molar-refractivity contribution in [3.8, 4) is 11.4 Å². The number of hydrogen-bond donors (Lipinski definition) is 1. The molecule has 0 fully saturated rings. The minimum absolute atomic E-state index is 0.259. The second-order valence-electron chi connectivity index (χ2n) is 5.19. The molecule has 0 aliphatic heterocycles. The van der Waals surface area contributed by atoms with Crippen LogP contribution in [0.5, 0.6) is 0 Å². The standard InChI is InChI=1S/C15H20FN3O/c1-10(7-8-17)3-6-14-18-15(19-20-14)13-5-4-12(16)9-11(13)2/h4-5,9-10H,3,6-8,17H2,1-2H3. The predicted octanol–water partition coefficient (Wildman–Crippen LogP) is 3.10. The van der Waals surface area contributed by atoms with Gasteiger partial charge in [0.15, 0.2) is 0 Å². The van der Waals surface area contributed by atoms with Crippen molar-refractivity contribution < 1.29 is 8.91 Å². The van der Waals surface area contributed by atoms with Crippen LogP contribution < -0.4 is 5.73 Å². The maximum absolute atomic E-state index is 13.1. The number of halogens is 1. The van der Waals surface area contributed by atoms with Crippen molar-refractivity contribution in [3.05, 3.63) is 35.5 Å². The summed E-state index contributed by atoms with van der Waals surface area (Å²) in [7, 11) is 0. The lowest BCUT2D eigenvalue weighted by Gasteiger charge is -2.06. The van der Waals surface area contributed by atoms with Crippen molar-refractivity contribution in [2.24, 2.45) is 11.7 Å². The maximum atomic E-state index is 13.1. The lowest BCUT2D eigenvalue weighted by atomic mass is 10.0. The fourth-order valence-electron chi connectivity index (χ4n) is 2.14. The Balaban J connectivity index is 2.05. The van der Waals surface area contributed by atoms with Gasteiger partial charge in [0.05, 0.1) is 0 Å². The molecule has 2 aromatic rings. The van der Waals surface area contributed by atoms with Gasteiger partial charge in [-0.3, -0.25) is 0 Å². The van der Waals surface area contributed by atoms with Crippen LogP contribution in [0.2, 0.25) is 0 Å². The fourth-order valence-corrected chi connectivity index (χ4v) is 2.14. The molecule has 0 amide bonds. The predicted molar refractivity (Wildman–Crippen MR) is 75.6 cm³/mol. The van der Waals surface area contributed by atoms with Gasteiger partial charge in [-0.1, -0.05) is 12.1 Å². The second-order valence-corrected chi connectivity index (χ2v) is 5.19. The van der Waals surface area contributed by atoms with E-state index in [0.29, 0.717) is 24.2 Å². The van der Waals surface area contributed by atoms with Crippen molar-refractivity contribution in [2.45, 2.75) is 33.1 Å². The van der Waals surface area contributed by atoms with Crippen LogP contribution in [-0.4, -0.2) is 16.7 Å². The van der Waals surface area contributed by atoms with E-state index in [1.165, 1.54) is 12.1 Å². The molecular formula is C15H20FN3O. The number of nitrogens with zero attached hydrogens (tertiary/aromatic N) is 2. The monoisotopic (exact) mass is 277 g/mol. The Kier molecular flexibility index (Phi) is 4.84. The van der Waals surface area contributed by atoms with E-state index >= 15 is 0 Å². The van der Waals surface area contributed by atoms with E-state index in [2.05, 4.69) is 17.1 Å². The van der Waals surface area contributed by atoms with Crippen LogP contribution in [0.1, 0.15) is 31.2 Å². The molecule has 4 nitrogen and oxygen atoms in total. The number of rotatable bonds is 6. The van der Waals surface area contributed by atoms with Gasteiger partial charge in [0.1, 0.15) is 5.82 Å². The Hall–Kier alpha value is -1.75. The molecule has 1 unspecified atom stereocenters. The van der Waals surface area contributed by atoms with Crippen molar-refractivity contribution in [1.82, 2.24) is 10.1 Å². The van der Waals surface area contributed by atoms with Gasteiger partial charge in [-0.15, -0.1) is 0 Å². The number of aromatic nitrogens is 2. The van der Waals surface area contributed by atoms with Crippen LogP contribution in [0.4, 0.5) is 4.39 Å². The van der Waals surface area contributed by atoms with Gasteiger partial charge in [0, 0.05) is 12.0 Å². The molecule has 0 aliphatic rings. The van der Waals surface area contributed by atoms with Gasteiger partial charge in [0.25, 0.3) is 0 Å². The molecule has 5 heteroatoms. The number of nitrogens with two attached hydrogens (primary N) is 1. The van der Waals surface area contributed by atoms with Crippen LogP contribution in [0.3, 0.4) is 0 Å². The molecule has 1 atom stereocenters. The van der Waals surface area contributed by atoms with Crippen LogP contribution in [0, 0.1) is 18.7 Å². The number of hydrogen-bond acceptors (Lipinski definition) is 4. The molecule has 2 rings (SSSR count). The largest absolute Gasteiger partial charge is 0.339 e. The summed E-state index contributed by atoms with van der Waals surface area (Å²) in [5.41, 5.74) is 7.13. The Labute approximate surface area is 118 Å². The van der Waals surface area contributed by atoms with Gasteiger partial charge in [0.2, 0.25) is 11.7 Å². The summed E-state index contributed by atoms with van der Waals surface area (Å²) in [6.45, 7) is 4.69. The molecule has 0 aliphatic carbocycles. The first-order valence-electron chi connectivity index (χ1n) is 6.89. The normalized spacial score (nSPS) is 12.6. The van der Waals surface area contributed by atoms with E-state index in [9.17, 15) is 4.39 Å². The molecule has 1 aromatic carbocycles. The van der Waals surface area contributed by atoms with Crippen molar-refractivity contribution >= 4 is 0 Å². The van der Waals surface area contributed by atoms with E-state index in [1.807, 2.05) is 6.92 Å². The molecule has 2 N–H and O–H groups in total. The lowest BCUT2D eigenvalue weighted by Crippen LogP contribution is -2.06. The lowest BCUT2D eigenvalue weighted by molar-refractivity contribution is 0.362. The highest BCUT2D eigenvalue weighted by Crippen LogP contribution is 2.22. The van der Waals surface area contributed by atoms with E-state index in [0.717, 1.165) is 30.4 Å².